The van der Waals surface area contributed by atoms with Crippen LogP contribution < -0.4 is 4.74 Å². The zero-order valence-electron chi connectivity index (χ0n) is 24.1. The highest BCUT2D eigenvalue weighted by Crippen LogP contribution is 2.51. The third-order valence-electron chi connectivity index (χ3n) is 8.46. The Bertz CT molecular complexity index is 2460. The summed E-state index contributed by atoms with van der Waals surface area (Å²) in [6.45, 7) is 0. The first-order valence-corrected chi connectivity index (χ1v) is 13.9. The van der Waals surface area contributed by atoms with Gasteiger partial charge in [-0.1, -0.05) is 121 Å². The van der Waals surface area contributed by atoms with E-state index in [4.69, 9.17) is 4.74 Å². The predicted octanol–water partition coefficient (Wildman–Crippen LogP) is 11.4. The average molecular weight is 523 g/mol. The van der Waals surface area contributed by atoms with E-state index in [9.17, 15) is 2.74 Å². The molecule has 0 aromatic heterocycles. The van der Waals surface area contributed by atoms with Crippen molar-refractivity contribution in [2.24, 2.45) is 0 Å². The van der Waals surface area contributed by atoms with Crippen molar-refractivity contribution < 1.29 is 7.48 Å². The second-order valence-electron chi connectivity index (χ2n) is 10.7. The molecule has 0 N–H and O–H groups in total. The summed E-state index contributed by atoms with van der Waals surface area (Å²) in [5.74, 6) is 1.69. The van der Waals surface area contributed by atoms with E-state index >= 15 is 0 Å². The highest BCUT2D eigenvalue weighted by atomic mass is 16.5. The summed E-state index contributed by atoms with van der Waals surface area (Å²) in [7, 11) is 0. The van der Waals surface area contributed by atoms with Crippen LogP contribution in [0.3, 0.4) is 0 Å². The van der Waals surface area contributed by atoms with Crippen LogP contribution in [0.25, 0.3) is 76.5 Å². The summed E-state index contributed by atoms with van der Waals surface area (Å²) in [4.78, 5) is 0. The molecule has 1 heteroatoms. The SMILES string of the molecule is [2H]c1cccc2c(-c3ccc4c5c(cccc35)-c3ccccc3O4)c3c([2H])cccc3c(-c3ccc4ccccc4c3)c12. The van der Waals surface area contributed by atoms with Gasteiger partial charge in [0.2, 0.25) is 0 Å². The fourth-order valence-corrected chi connectivity index (χ4v) is 6.70. The van der Waals surface area contributed by atoms with Crippen molar-refractivity contribution >= 4 is 43.1 Å². The number of hydrogen-bond acceptors (Lipinski definition) is 1. The van der Waals surface area contributed by atoms with E-state index in [1.54, 1.807) is 0 Å². The van der Waals surface area contributed by atoms with Gasteiger partial charge < -0.3 is 4.74 Å². The van der Waals surface area contributed by atoms with Gasteiger partial charge in [-0.15, -0.1) is 0 Å². The van der Waals surface area contributed by atoms with Gasteiger partial charge in [0.05, 0.1) is 2.74 Å². The van der Waals surface area contributed by atoms with E-state index in [0.717, 1.165) is 82.6 Å². The second-order valence-corrected chi connectivity index (χ2v) is 10.7. The first-order valence-electron chi connectivity index (χ1n) is 14.9. The van der Waals surface area contributed by atoms with Gasteiger partial charge in [-0.25, -0.2) is 0 Å². The molecule has 1 aliphatic heterocycles. The van der Waals surface area contributed by atoms with Gasteiger partial charge >= 0.3 is 0 Å². The Morgan fingerprint density at radius 2 is 1.10 bits per heavy atom. The highest BCUT2D eigenvalue weighted by molar-refractivity contribution is 6.24. The van der Waals surface area contributed by atoms with Crippen molar-refractivity contribution in [3.63, 3.8) is 0 Å². The van der Waals surface area contributed by atoms with Crippen LogP contribution in [0.5, 0.6) is 11.5 Å². The lowest BCUT2D eigenvalue weighted by Crippen LogP contribution is -1.98. The summed E-state index contributed by atoms with van der Waals surface area (Å²) < 4.78 is 24.8. The molecule has 8 aromatic rings. The summed E-state index contributed by atoms with van der Waals surface area (Å²) in [6.07, 6.45) is 0. The smallest absolute Gasteiger partial charge is 0.135 e. The lowest BCUT2D eigenvalue weighted by molar-refractivity contribution is 0.487. The number of ether oxygens (including phenoxy) is 1. The summed E-state index contributed by atoms with van der Waals surface area (Å²) in [5.41, 5.74) is 6.29. The number of benzene rings is 8. The topological polar surface area (TPSA) is 9.23 Å². The van der Waals surface area contributed by atoms with Gasteiger partial charge in [0.15, 0.2) is 0 Å². The third-order valence-corrected chi connectivity index (χ3v) is 8.46. The first-order chi connectivity index (χ1) is 21.2. The van der Waals surface area contributed by atoms with Crippen LogP contribution >= 0.6 is 0 Å². The van der Waals surface area contributed by atoms with E-state index in [-0.39, 0.29) is 0 Å². The molecule has 0 radical (unpaired) electrons. The molecular weight excluding hydrogens is 496 g/mol. The molecular formula is C40H24O. The summed E-state index contributed by atoms with van der Waals surface area (Å²) in [6, 6.07) is 46.5. The Kier molecular flexibility index (Phi) is 4.27. The Hall–Kier alpha value is -5.40. The summed E-state index contributed by atoms with van der Waals surface area (Å²) >= 11 is 0. The number of fused-ring (bicyclic) bond motifs is 5. The van der Waals surface area contributed by atoms with Gasteiger partial charge in [-0.2, -0.15) is 0 Å². The van der Waals surface area contributed by atoms with Gasteiger partial charge in [0, 0.05) is 10.9 Å². The van der Waals surface area contributed by atoms with Crippen molar-refractivity contribution in [3.8, 4) is 44.9 Å². The fourth-order valence-electron chi connectivity index (χ4n) is 6.70. The number of rotatable bonds is 2. The first kappa shape index (κ1) is 20.5. The monoisotopic (exact) mass is 522 g/mol. The van der Waals surface area contributed by atoms with Crippen LogP contribution in [0.2, 0.25) is 0 Å². The number of hydrogen-bond donors (Lipinski definition) is 0. The normalized spacial score (nSPS) is 12.8. The quantitative estimate of drug-likeness (QED) is 0.205. The van der Waals surface area contributed by atoms with Gasteiger partial charge in [0.1, 0.15) is 11.5 Å². The van der Waals surface area contributed by atoms with Gasteiger partial charge in [0.25, 0.3) is 0 Å². The minimum absolute atomic E-state index is 0.467. The Morgan fingerprint density at radius 1 is 0.415 bits per heavy atom. The van der Waals surface area contributed by atoms with Crippen LogP contribution in [0.1, 0.15) is 2.74 Å². The maximum Gasteiger partial charge on any atom is 0.135 e. The molecule has 8 aromatic carbocycles. The molecule has 0 atom stereocenters. The van der Waals surface area contributed by atoms with Crippen molar-refractivity contribution in [1.29, 1.82) is 0 Å². The lowest BCUT2D eigenvalue weighted by atomic mass is 9.83. The molecule has 9 rings (SSSR count). The van der Waals surface area contributed by atoms with Crippen LogP contribution in [0, 0.1) is 0 Å². The zero-order chi connectivity index (χ0) is 28.7. The van der Waals surface area contributed by atoms with E-state index < -0.39 is 0 Å². The van der Waals surface area contributed by atoms with Crippen LogP contribution in [0.15, 0.2) is 146 Å². The molecule has 0 amide bonds. The molecule has 1 aliphatic rings. The van der Waals surface area contributed by atoms with E-state index in [0.29, 0.717) is 12.1 Å². The Labute approximate surface area is 240 Å². The van der Waals surface area contributed by atoms with Gasteiger partial charge in [-0.05, 0) is 89.8 Å². The highest BCUT2D eigenvalue weighted by Gasteiger charge is 2.23. The van der Waals surface area contributed by atoms with Crippen LogP contribution in [-0.4, -0.2) is 0 Å². The minimum atomic E-state index is 0.467. The van der Waals surface area contributed by atoms with E-state index in [2.05, 4.69) is 91.0 Å². The molecule has 1 heterocycles. The summed E-state index contributed by atoms with van der Waals surface area (Å²) in [5, 5.41) is 8.21. The van der Waals surface area contributed by atoms with Crippen molar-refractivity contribution in [3.05, 3.63) is 146 Å². The molecule has 0 spiro atoms. The lowest BCUT2D eigenvalue weighted by Gasteiger charge is -2.24. The molecule has 190 valence electrons. The van der Waals surface area contributed by atoms with Crippen molar-refractivity contribution in [1.82, 2.24) is 0 Å². The molecule has 0 saturated carbocycles. The maximum absolute atomic E-state index is 9.24. The average Bonchev–Trinajstić information content (AvgIpc) is 3.04. The standard InChI is InChI=1S/C40H24O/c1-2-11-26-24-27(21-20-25(26)10-1)38-30-13-3-5-15-32(30)39(33-16-6-4-14-31(33)38)35-22-23-37-40-29(17-9-18-34(35)40)28-12-7-8-19-36(28)41-37/h1-24H/i13D,16D. The molecule has 0 fully saturated rings. The van der Waals surface area contributed by atoms with E-state index in [1.165, 1.54) is 5.39 Å². The molecule has 0 aliphatic carbocycles. The Morgan fingerprint density at radius 3 is 1.98 bits per heavy atom. The molecule has 0 unspecified atom stereocenters. The number of para-hydroxylation sites is 1. The Balaban J connectivity index is 1.44. The molecule has 41 heavy (non-hydrogen) atoms. The van der Waals surface area contributed by atoms with Crippen molar-refractivity contribution in [2.45, 2.75) is 0 Å². The molecule has 1 nitrogen and oxygen atoms in total. The molecule has 0 saturated heterocycles. The maximum atomic E-state index is 9.24. The third kappa shape index (κ3) is 3.24. The van der Waals surface area contributed by atoms with Gasteiger partial charge in [-0.3, -0.25) is 0 Å². The fraction of sp³-hybridized carbons (Fsp3) is 0. The predicted molar refractivity (Wildman–Crippen MR) is 173 cm³/mol. The van der Waals surface area contributed by atoms with E-state index in [1.807, 2.05) is 42.5 Å². The second kappa shape index (κ2) is 8.55. The largest absolute Gasteiger partial charge is 0.456 e. The zero-order valence-corrected chi connectivity index (χ0v) is 22.1. The van der Waals surface area contributed by atoms with Crippen LogP contribution in [-0.2, 0) is 0 Å². The van der Waals surface area contributed by atoms with Crippen molar-refractivity contribution in [2.75, 3.05) is 0 Å². The molecule has 0 bridgehead atoms. The van der Waals surface area contributed by atoms with Crippen LogP contribution in [0.4, 0.5) is 0 Å². The minimum Gasteiger partial charge on any atom is -0.456 e.